The Morgan fingerprint density at radius 3 is 2.11 bits per heavy atom. The smallest absolute Gasteiger partial charge is 0.328 e. The van der Waals surface area contributed by atoms with Crippen LogP contribution in [0.2, 0.25) is 10.0 Å². The highest BCUT2D eigenvalue weighted by Gasteiger charge is 2.44. The Hall–Kier alpha value is -2.74. The van der Waals surface area contributed by atoms with Crippen LogP contribution >= 0.6 is 23.2 Å². The number of rotatable bonds is 12. The molecule has 36 heavy (non-hydrogen) atoms. The standard InChI is InChI=1S/C23H29Cl2NO2.C4H4O4/c1-3-5-22(26-14-15-28-19-9-7-18(27-2)8-10-19)23(12-4-13-23)17-6-11-20(24)21(25)16-17;5-3(6)1-2-4(7)8/h6-11,16,22,26H,3-5,12-15H2,1-2H3;1-2H,(H,5,6)(H,7,8)/b;2-1-. The third-order valence-corrected chi connectivity index (χ3v) is 6.91. The molecule has 1 unspecified atom stereocenters. The molecule has 0 saturated heterocycles. The average Bonchev–Trinajstić information content (AvgIpc) is 2.82. The number of benzene rings is 2. The van der Waals surface area contributed by atoms with Crippen molar-refractivity contribution in [2.75, 3.05) is 20.3 Å². The van der Waals surface area contributed by atoms with Crippen LogP contribution in [0.15, 0.2) is 54.6 Å². The normalized spacial score (nSPS) is 14.8. The second kappa shape index (κ2) is 14.7. The van der Waals surface area contributed by atoms with Gasteiger partial charge in [-0.1, -0.05) is 49.0 Å². The lowest BCUT2D eigenvalue weighted by atomic mass is 9.59. The van der Waals surface area contributed by atoms with Gasteiger partial charge in [0.1, 0.15) is 18.1 Å². The highest BCUT2D eigenvalue weighted by atomic mass is 35.5. The van der Waals surface area contributed by atoms with Crippen molar-refractivity contribution in [1.29, 1.82) is 0 Å². The minimum Gasteiger partial charge on any atom is -0.497 e. The number of carboxylic acid groups (broad SMARTS) is 2. The van der Waals surface area contributed by atoms with E-state index >= 15 is 0 Å². The fourth-order valence-electron chi connectivity index (χ4n) is 4.28. The van der Waals surface area contributed by atoms with Crippen LogP contribution in [-0.2, 0) is 15.0 Å². The first-order valence-electron chi connectivity index (χ1n) is 11.8. The summed E-state index contributed by atoms with van der Waals surface area (Å²) in [5.41, 5.74) is 1.44. The molecule has 0 spiro atoms. The lowest BCUT2D eigenvalue weighted by Gasteiger charge is -2.49. The second-order valence-corrected chi connectivity index (χ2v) is 9.28. The summed E-state index contributed by atoms with van der Waals surface area (Å²) >= 11 is 12.5. The number of nitrogens with one attached hydrogen (secondary N) is 1. The Labute approximate surface area is 222 Å². The predicted molar refractivity (Wildman–Crippen MR) is 142 cm³/mol. The van der Waals surface area contributed by atoms with E-state index in [1.807, 2.05) is 30.3 Å². The van der Waals surface area contributed by atoms with E-state index in [4.69, 9.17) is 42.9 Å². The molecule has 1 aliphatic carbocycles. The molecule has 0 radical (unpaired) electrons. The van der Waals surface area contributed by atoms with Crippen molar-refractivity contribution in [3.8, 4) is 11.5 Å². The van der Waals surface area contributed by atoms with Crippen LogP contribution in [0.1, 0.15) is 44.6 Å². The van der Waals surface area contributed by atoms with Gasteiger partial charge in [0.05, 0.1) is 17.2 Å². The molecule has 1 fully saturated rings. The SMILES string of the molecule is CCCC(NCCOc1ccc(OC)cc1)C1(c2ccc(Cl)c(Cl)c2)CCC1.O=C(O)/C=C\C(=O)O. The Balaban J connectivity index is 0.000000493. The number of hydrogen-bond donors (Lipinski definition) is 3. The summed E-state index contributed by atoms with van der Waals surface area (Å²) in [6.07, 6.45) is 7.00. The van der Waals surface area contributed by atoms with E-state index in [-0.39, 0.29) is 5.41 Å². The summed E-state index contributed by atoms with van der Waals surface area (Å²) in [5.74, 6) is -0.820. The molecule has 3 N–H and O–H groups in total. The van der Waals surface area contributed by atoms with Crippen LogP contribution in [0.3, 0.4) is 0 Å². The monoisotopic (exact) mass is 537 g/mol. The van der Waals surface area contributed by atoms with Gasteiger partial charge in [-0.2, -0.15) is 0 Å². The minimum absolute atomic E-state index is 0.143. The first-order valence-corrected chi connectivity index (χ1v) is 12.6. The maximum Gasteiger partial charge on any atom is 0.328 e. The predicted octanol–water partition coefficient (Wildman–Crippen LogP) is 5.97. The molecule has 0 heterocycles. The van der Waals surface area contributed by atoms with Gasteiger partial charge in [-0.25, -0.2) is 9.59 Å². The third kappa shape index (κ3) is 8.73. The zero-order chi connectivity index (χ0) is 26.6. The van der Waals surface area contributed by atoms with Crippen molar-refractivity contribution in [3.05, 3.63) is 70.2 Å². The van der Waals surface area contributed by atoms with Crippen molar-refractivity contribution in [3.63, 3.8) is 0 Å². The lowest BCUT2D eigenvalue weighted by molar-refractivity contribution is -0.134. The van der Waals surface area contributed by atoms with Crippen LogP contribution in [-0.4, -0.2) is 48.5 Å². The largest absolute Gasteiger partial charge is 0.497 e. The van der Waals surface area contributed by atoms with Gasteiger partial charge in [-0.15, -0.1) is 0 Å². The Morgan fingerprint density at radius 2 is 1.64 bits per heavy atom. The number of ether oxygens (including phenoxy) is 2. The first kappa shape index (κ1) is 29.5. The van der Waals surface area contributed by atoms with Crippen LogP contribution in [0.25, 0.3) is 0 Å². The molecule has 1 aliphatic rings. The number of carboxylic acids is 2. The van der Waals surface area contributed by atoms with Gasteiger partial charge in [-0.05, 0) is 61.2 Å². The van der Waals surface area contributed by atoms with E-state index in [0.29, 0.717) is 34.8 Å². The molecule has 3 rings (SSSR count). The van der Waals surface area contributed by atoms with Crippen LogP contribution in [0.5, 0.6) is 11.5 Å². The molecule has 0 aliphatic heterocycles. The van der Waals surface area contributed by atoms with Gasteiger partial charge in [-0.3, -0.25) is 0 Å². The highest BCUT2D eigenvalue weighted by molar-refractivity contribution is 6.42. The van der Waals surface area contributed by atoms with Crippen LogP contribution < -0.4 is 14.8 Å². The molecule has 7 nitrogen and oxygen atoms in total. The maximum atomic E-state index is 9.55. The van der Waals surface area contributed by atoms with Crippen molar-refractivity contribution >= 4 is 35.1 Å². The summed E-state index contributed by atoms with van der Waals surface area (Å²) in [4.78, 5) is 19.1. The van der Waals surface area contributed by atoms with E-state index in [1.54, 1.807) is 7.11 Å². The third-order valence-electron chi connectivity index (χ3n) is 6.17. The molecule has 1 saturated carbocycles. The van der Waals surface area contributed by atoms with Crippen LogP contribution in [0, 0.1) is 0 Å². The van der Waals surface area contributed by atoms with Crippen molar-refractivity contribution in [2.24, 2.45) is 0 Å². The molecular weight excluding hydrogens is 505 g/mol. The molecule has 2 aromatic carbocycles. The summed E-state index contributed by atoms with van der Waals surface area (Å²) in [5, 5.41) is 20.6. The van der Waals surface area contributed by atoms with Crippen molar-refractivity contribution in [1.82, 2.24) is 5.32 Å². The Kier molecular flexibility index (Phi) is 12.1. The molecule has 1 atom stereocenters. The number of aliphatic carboxylic acids is 2. The Bertz CT molecular complexity index is 1010. The van der Waals surface area contributed by atoms with E-state index in [9.17, 15) is 9.59 Å². The molecule has 0 bridgehead atoms. The molecule has 2 aromatic rings. The summed E-state index contributed by atoms with van der Waals surface area (Å²) < 4.78 is 11.1. The fourth-order valence-corrected chi connectivity index (χ4v) is 4.58. The first-order chi connectivity index (χ1) is 17.2. The highest BCUT2D eigenvalue weighted by Crippen LogP contribution is 2.48. The van der Waals surface area contributed by atoms with Gasteiger partial charge in [0.15, 0.2) is 0 Å². The van der Waals surface area contributed by atoms with Crippen molar-refractivity contribution < 1.29 is 29.3 Å². The van der Waals surface area contributed by atoms with Crippen LogP contribution in [0.4, 0.5) is 0 Å². The second-order valence-electron chi connectivity index (χ2n) is 8.47. The number of halogens is 2. The quantitative estimate of drug-likeness (QED) is 0.226. The van der Waals surface area contributed by atoms with Gasteiger partial charge in [0.25, 0.3) is 0 Å². The lowest BCUT2D eigenvalue weighted by Crippen LogP contribution is -2.53. The number of hydrogen-bond acceptors (Lipinski definition) is 5. The summed E-state index contributed by atoms with van der Waals surface area (Å²) in [7, 11) is 1.66. The molecule has 0 amide bonds. The van der Waals surface area contributed by atoms with Gasteiger partial charge < -0.3 is 25.0 Å². The van der Waals surface area contributed by atoms with Crippen molar-refractivity contribution in [2.45, 2.75) is 50.5 Å². The fraction of sp³-hybridized carbons (Fsp3) is 0.407. The number of methoxy groups -OCH3 is 1. The topological polar surface area (TPSA) is 105 Å². The average molecular weight is 538 g/mol. The maximum absolute atomic E-state index is 9.55. The van der Waals surface area contributed by atoms with Gasteiger partial charge >= 0.3 is 11.9 Å². The molecule has 196 valence electrons. The van der Waals surface area contributed by atoms with E-state index in [0.717, 1.165) is 30.9 Å². The molecular formula is C27H33Cl2NO6. The molecule has 0 aromatic heterocycles. The van der Waals surface area contributed by atoms with E-state index in [1.165, 1.54) is 24.8 Å². The molecule has 9 heteroatoms. The van der Waals surface area contributed by atoms with E-state index in [2.05, 4.69) is 24.4 Å². The van der Waals surface area contributed by atoms with Gasteiger partial charge in [0.2, 0.25) is 0 Å². The minimum atomic E-state index is -1.26. The zero-order valence-corrected chi connectivity index (χ0v) is 22.0. The summed E-state index contributed by atoms with van der Waals surface area (Å²) in [6, 6.07) is 14.2. The van der Waals surface area contributed by atoms with Gasteiger partial charge in [0, 0.05) is 30.2 Å². The number of carbonyl (C=O) groups is 2. The van der Waals surface area contributed by atoms with E-state index < -0.39 is 11.9 Å². The Morgan fingerprint density at radius 1 is 1.03 bits per heavy atom. The summed E-state index contributed by atoms with van der Waals surface area (Å²) in [6.45, 7) is 3.67. The zero-order valence-electron chi connectivity index (χ0n) is 20.5.